The van der Waals surface area contributed by atoms with Crippen molar-refractivity contribution in [2.24, 2.45) is 11.8 Å². The predicted octanol–water partition coefficient (Wildman–Crippen LogP) is 0.132. The molecule has 2 N–H and O–H groups in total. The van der Waals surface area contributed by atoms with E-state index in [1.807, 2.05) is 4.90 Å². The largest absolute Gasteiger partial charge is 0.392 e. The second-order valence-electron chi connectivity index (χ2n) is 5.47. The highest BCUT2D eigenvalue weighted by Gasteiger charge is 2.35. The SMILES string of the molecule is C[C@H](O)CNC(=O)C1CCN(C(=O)C2CC2)CC1. The fourth-order valence-electron chi connectivity index (χ4n) is 2.34. The first-order chi connectivity index (χ1) is 8.58. The quantitative estimate of drug-likeness (QED) is 0.749. The van der Waals surface area contributed by atoms with Crippen LogP contribution in [-0.2, 0) is 9.59 Å². The van der Waals surface area contributed by atoms with E-state index in [-0.39, 0.29) is 23.7 Å². The number of hydrogen-bond donors (Lipinski definition) is 2. The lowest BCUT2D eigenvalue weighted by Crippen LogP contribution is -2.44. The highest BCUT2D eigenvalue weighted by Crippen LogP contribution is 2.32. The van der Waals surface area contributed by atoms with Crippen LogP contribution in [0.15, 0.2) is 0 Å². The molecule has 0 spiro atoms. The third-order valence-electron chi connectivity index (χ3n) is 3.68. The molecular weight excluding hydrogens is 232 g/mol. The lowest BCUT2D eigenvalue weighted by atomic mass is 9.95. The zero-order valence-corrected chi connectivity index (χ0v) is 10.9. The van der Waals surface area contributed by atoms with E-state index in [9.17, 15) is 9.59 Å². The molecule has 102 valence electrons. The lowest BCUT2D eigenvalue weighted by molar-refractivity contribution is -0.136. The molecule has 5 heteroatoms. The maximum atomic E-state index is 11.8. The third kappa shape index (κ3) is 3.45. The Bertz CT molecular complexity index is 318. The van der Waals surface area contributed by atoms with E-state index in [1.54, 1.807) is 6.92 Å². The first-order valence-electron chi connectivity index (χ1n) is 6.82. The Hall–Kier alpha value is -1.10. The number of piperidine rings is 1. The Balaban J connectivity index is 1.72. The number of likely N-dealkylation sites (tertiary alicyclic amines) is 1. The molecule has 0 radical (unpaired) electrons. The van der Waals surface area contributed by atoms with Crippen LogP contribution in [0.5, 0.6) is 0 Å². The highest BCUT2D eigenvalue weighted by molar-refractivity contribution is 5.82. The topological polar surface area (TPSA) is 69.6 Å². The van der Waals surface area contributed by atoms with Gasteiger partial charge in [-0.15, -0.1) is 0 Å². The molecule has 0 aromatic rings. The molecule has 0 aromatic heterocycles. The van der Waals surface area contributed by atoms with Crippen molar-refractivity contribution in [3.63, 3.8) is 0 Å². The van der Waals surface area contributed by atoms with E-state index >= 15 is 0 Å². The molecule has 1 aliphatic heterocycles. The van der Waals surface area contributed by atoms with Crippen LogP contribution >= 0.6 is 0 Å². The second kappa shape index (κ2) is 5.69. The van der Waals surface area contributed by atoms with Gasteiger partial charge in [-0.1, -0.05) is 0 Å². The Morgan fingerprint density at radius 2 is 1.83 bits per heavy atom. The standard InChI is InChI=1S/C13H22N2O3/c1-9(16)8-14-12(17)10-4-6-15(7-5-10)13(18)11-2-3-11/h9-11,16H,2-8H2,1H3,(H,14,17)/t9-/m0/s1. The minimum absolute atomic E-state index is 0.00740. The van der Waals surface area contributed by atoms with E-state index in [0.717, 1.165) is 25.7 Å². The van der Waals surface area contributed by atoms with Crippen LogP contribution < -0.4 is 5.32 Å². The van der Waals surface area contributed by atoms with Crippen molar-refractivity contribution in [1.29, 1.82) is 0 Å². The predicted molar refractivity (Wildman–Crippen MR) is 66.7 cm³/mol. The van der Waals surface area contributed by atoms with E-state index in [2.05, 4.69) is 5.32 Å². The van der Waals surface area contributed by atoms with Crippen LogP contribution in [0.3, 0.4) is 0 Å². The minimum atomic E-state index is -0.509. The monoisotopic (exact) mass is 254 g/mol. The van der Waals surface area contributed by atoms with Gasteiger partial charge in [0.05, 0.1) is 6.10 Å². The maximum Gasteiger partial charge on any atom is 0.225 e. The Morgan fingerprint density at radius 3 is 2.33 bits per heavy atom. The number of aliphatic hydroxyl groups is 1. The van der Waals surface area contributed by atoms with E-state index in [1.165, 1.54) is 0 Å². The summed E-state index contributed by atoms with van der Waals surface area (Å²) in [6.07, 6.45) is 3.04. The number of amides is 2. The number of nitrogens with one attached hydrogen (secondary N) is 1. The number of nitrogens with zero attached hydrogens (tertiary/aromatic N) is 1. The zero-order valence-electron chi connectivity index (χ0n) is 10.9. The summed E-state index contributed by atoms with van der Waals surface area (Å²) in [7, 11) is 0. The van der Waals surface area contributed by atoms with E-state index in [4.69, 9.17) is 5.11 Å². The molecule has 5 nitrogen and oxygen atoms in total. The maximum absolute atomic E-state index is 11.8. The molecule has 1 saturated carbocycles. The summed E-state index contributed by atoms with van der Waals surface area (Å²) in [5.74, 6) is 0.546. The van der Waals surface area contributed by atoms with Crippen LogP contribution in [0, 0.1) is 11.8 Å². The molecule has 1 atom stereocenters. The van der Waals surface area contributed by atoms with Crippen molar-refractivity contribution in [2.45, 2.75) is 38.7 Å². The average Bonchev–Trinajstić information content (AvgIpc) is 3.19. The Morgan fingerprint density at radius 1 is 1.22 bits per heavy atom. The van der Waals surface area contributed by atoms with Crippen LogP contribution in [0.4, 0.5) is 0 Å². The fraction of sp³-hybridized carbons (Fsp3) is 0.846. The Labute approximate surface area is 108 Å². The van der Waals surface area contributed by atoms with Crippen LogP contribution in [-0.4, -0.2) is 47.6 Å². The molecule has 2 aliphatic rings. The van der Waals surface area contributed by atoms with Gasteiger partial charge in [0.2, 0.25) is 11.8 Å². The lowest BCUT2D eigenvalue weighted by Gasteiger charge is -2.31. The smallest absolute Gasteiger partial charge is 0.225 e. The molecule has 2 fully saturated rings. The number of aliphatic hydroxyl groups excluding tert-OH is 1. The third-order valence-corrected chi connectivity index (χ3v) is 3.68. The molecule has 1 aliphatic carbocycles. The van der Waals surface area contributed by atoms with Gasteiger partial charge in [-0.2, -0.15) is 0 Å². The second-order valence-corrected chi connectivity index (χ2v) is 5.47. The van der Waals surface area contributed by atoms with E-state index in [0.29, 0.717) is 19.6 Å². The Kier molecular flexibility index (Phi) is 4.22. The van der Waals surface area contributed by atoms with Gasteiger partial charge in [0.25, 0.3) is 0 Å². The zero-order chi connectivity index (χ0) is 13.1. The van der Waals surface area contributed by atoms with Crippen molar-refractivity contribution in [2.75, 3.05) is 19.6 Å². The van der Waals surface area contributed by atoms with Gasteiger partial charge in [0.15, 0.2) is 0 Å². The van der Waals surface area contributed by atoms with Gasteiger partial charge in [0.1, 0.15) is 0 Å². The van der Waals surface area contributed by atoms with Crippen LogP contribution in [0.2, 0.25) is 0 Å². The first-order valence-corrected chi connectivity index (χ1v) is 6.82. The van der Waals surface area contributed by atoms with E-state index < -0.39 is 6.10 Å². The molecule has 0 unspecified atom stereocenters. The summed E-state index contributed by atoms with van der Waals surface area (Å²) < 4.78 is 0. The number of hydrogen-bond acceptors (Lipinski definition) is 3. The highest BCUT2D eigenvalue weighted by atomic mass is 16.3. The van der Waals surface area contributed by atoms with Crippen molar-refractivity contribution < 1.29 is 14.7 Å². The molecule has 0 aromatic carbocycles. The molecule has 18 heavy (non-hydrogen) atoms. The van der Waals surface area contributed by atoms with Crippen molar-refractivity contribution >= 4 is 11.8 Å². The summed E-state index contributed by atoms with van der Waals surface area (Å²) in [6, 6.07) is 0. The molecule has 2 amide bonds. The summed E-state index contributed by atoms with van der Waals surface area (Å²) in [4.78, 5) is 25.5. The van der Waals surface area contributed by atoms with Gasteiger partial charge in [-0.05, 0) is 32.6 Å². The van der Waals surface area contributed by atoms with Gasteiger partial charge < -0.3 is 15.3 Å². The molecule has 1 saturated heterocycles. The number of rotatable bonds is 4. The summed E-state index contributed by atoms with van der Waals surface area (Å²) >= 11 is 0. The van der Waals surface area contributed by atoms with Crippen molar-refractivity contribution in [1.82, 2.24) is 10.2 Å². The summed E-state index contributed by atoms with van der Waals surface area (Å²) in [5, 5.41) is 11.9. The number of carbonyl (C=O) groups excluding carboxylic acids is 2. The molecule has 1 heterocycles. The minimum Gasteiger partial charge on any atom is -0.392 e. The van der Waals surface area contributed by atoms with Crippen molar-refractivity contribution in [3.05, 3.63) is 0 Å². The fourth-order valence-corrected chi connectivity index (χ4v) is 2.34. The normalized spacial score (nSPS) is 22.7. The van der Waals surface area contributed by atoms with Crippen LogP contribution in [0.1, 0.15) is 32.6 Å². The van der Waals surface area contributed by atoms with Gasteiger partial charge in [-0.25, -0.2) is 0 Å². The van der Waals surface area contributed by atoms with Crippen molar-refractivity contribution in [3.8, 4) is 0 Å². The van der Waals surface area contributed by atoms with Gasteiger partial charge in [0, 0.05) is 31.5 Å². The first kappa shape index (κ1) is 13.3. The summed E-state index contributed by atoms with van der Waals surface area (Å²) in [5.41, 5.74) is 0. The van der Waals surface area contributed by atoms with Gasteiger partial charge in [-0.3, -0.25) is 9.59 Å². The van der Waals surface area contributed by atoms with Crippen LogP contribution in [0.25, 0.3) is 0 Å². The average molecular weight is 254 g/mol. The van der Waals surface area contributed by atoms with Gasteiger partial charge >= 0.3 is 0 Å². The molecule has 2 rings (SSSR count). The molecule has 0 bridgehead atoms. The summed E-state index contributed by atoms with van der Waals surface area (Å²) in [6.45, 7) is 3.35. The number of carbonyl (C=O) groups is 2. The molecular formula is C13H22N2O3.